The first kappa shape index (κ1) is 50.1. The van der Waals surface area contributed by atoms with Gasteiger partial charge in [-0.1, -0.05) is 84.3 Å². The van der Waals surface area contributed by atoms with E-state index < -0.39 is 46.2 Å². The molecular formula is C50H60ClN5O9S. The highest BCUT2D eigenvalue weighted by Crippen LogP contribution is 2.55. The van der Waals surface area contributed by atoms with Crippen molar-refractivity contribution in [2.75, 3.05) is 39.6 Å². The van der Waals surface area contributed by atoms with Crippen molar-refractivity contribution in [1.29, 1.82) is 5.26 Å². The molecule has 1 aliphatic heterocycles. The molecule has 16 heteroatoms. The third kappa shape index (κ3) is 12.1. The van der Waals surface area contributed by atoms with Gasteiger partial charge in [-0.15, -0.1) is 11.3 Å². The Hall–Kier alpha value is -5.37. The predicted octanol–water partition coefficient (Wildman–Crippen LogP) is 7.05. The molecule has 0 spiro atoms. The van der Waals surface area contributed by atoms with Crippen molar-refractivity contribution in [1.82, 2.24) is 20.5 Å². The summed E-state index contributed by atoms with van der Waals surface area (Å²) in [6.45, 7) is 14.2. The normalized spacial score (nSPS) is 20.1. The maximum Gasteiger partial charge on any atom is 0.251 e. The van der Waals surface area contributed by atoms with Crippen molar-refractivity contribution in [2.45, 2.75) is 98.1 Å². The van der Waals surface area contributed by atoms with Gasteiger partial charge >= 0.3 is 0 Å². The number of β-amino-alcohol motifs (C(OH)–C–C–N with tert-alkyl or cyclic N) is 1. The lowest BCUT2D eigenvalue weighted by Crippen LogP contribution is -2.74. The number of aryl methyl sites for hydroxylation is 1. The van der Waals surface area contributed by atoms with E-state index in [1.165, 1.54) is 4.90 Å². The average molecular weight is 943 g/mol. The fraction of sp³-hybridized carbons (Fsp3) is 0.480. The molecule has 1 saturated carbocycles. The van der Waals surface area contributed by atoms with Crippen LogP contribution in [-0.2, 0) is 30.3 Å². The molecule has 352 valence electrons. The average Bonchev–Trinajstić information content (AvgIpc) is 3.97. The molecule has 3 N–H and O–H groups in total. The lowest BCUT2D eigenvalue weighted by molar-refractivity contribution is -0.164. The molecule has 66 heavy (non-hydrogen) atoms. The van der Waals surface area contributed by atoms with Gasteiger partial charge in [-0.25, -0.2) is 0 Å². The molecule has 0 radical (unpaired) electrons. The van der Waals surface area contributed by atoms with Crippen molar-refractivity contribution in [3.05, 3.63) is 100 Å². The quantitative estimate of drug-likeness (QED) is 0.0770. The first-order chi connectivity index (χ1) is 31.3. The lowest BCUT2D eigenvalue weighted by atomic mass is 9.49. The Bertz CT molecular complexity index is 2340. The molecule has 4 aromatic rings. The number of carbonyl (C=O) groups is 4. The Labute approximate surface area is 395 Å². The largest absolute Gasteiger partial charge is 0.491 e. The van der Waals surface area contributed by atoms with Gasteiger partial charge in [0.25, 0.3) is 5.91 Å². The summed E-state index contributed by atoms with van der Waals surface area (Å²) in [6.07, 6.45) is 1.60. The third-order valence-electron chi connectivity index (χ3n) is 12.3. The molecule has 14 nitrogen and oxygen atoms in total. The van der Waals surface area contributed by atoms with E-state index in [9.17, 15) is 29.5 Å². The molecule has 6 rings (SSSR count). The number of nitriles is 1. The number of nitrogens with one attached hydrogen (secondary N) is 2. The number of halogens is 1. The number of ketones is 1. The van der Waals surface area contributed by atoms with E-state index in [0.29, 0.717) is 34.1 Å². The molecule has 1 saturated heterocycles. The summed E-state index contributed by atoms with van der Waals surface area (Å²) >= 11 is 7.78. The number of carbonyl (C=O) groups excluding carboxylic acids is 4. The van der Waals surface area contributed by atoms with E-state index in [2.05, 4.69) is 21.7 Å². The van der Waals surface area contributed by atoms with Crippen LogP contribution in [0.2, 0.25) is 5.02 Å². The van der Waals surface area contributed by atoms with E-state index in [1.54, 1.807) is 59.3 Å². The van der Waals surface area contributed by atoms with Gasteiger partial charge < -0.3 is 39.6 Å². The van der Waals surface area contributed by atoms with Crippen molar-refractivity contribution in [3.63, 3.8) is 0 Å². The zero-order chi connectivity index (χ0) is 47.8. The Morgan fingerprint density at radius 2 is 1.62 bits per heavy atom. The van der Waals surface area contributed by atoms with Gasteiger partial charge in [0.2, 0.25) is 11.8 Å². The van der Waals surface area contributed by atoms with E-state index in [0.717, 1.165) is 16.0 Å². The summed E-state index contributed by atoms with van der Waals surface area (Å²) in [5, 5.41) is 26.1. The Morgan fingerprint density at radius 3 is 2.26 bits per heavy atom. The molecule has 1 aromatic heterocycles. The molecule has 1 aliphatic carbocycles. The minimum atomic E-state index is -0.956. The van der Waals surface area contributed by atoms with E-state index in [1.807, 2.05) is 78.9 Å². The smallest absolute Gasteiger partial charge is 0.251 e. The zero-order valence-electron chi connectivity index (χ0n) is 38.6. The monoisotopic (exact) mass is 941 g/mol. The second kappa shape index (κ2) is 21.5. The summed E-state index contributed by atoms with van der Waals surface area (Å²) in [5.41, 5.74) is 3.19. The number of aliphatic hydroxyl groups excluding tert-OH is 1. The first-order valence-electron chi connectivity index (χ1n) is 22.1. The Morgan fingerprint density at radius 1 is 0.955 bits per heavy atom. The van der Waals surface area contributed by atoms with Crippen LogP contribution < -0.4 is 20.1 Å². The van der Waals surface area contributed by atoms with Gasteiger partial charge in [0.1, 0.15) is 42.9 Å². The van der Waals surface area contributed by atoms with Crippen molar-refractivity contribution >= 4 is 46.4 Å². The summed E-state index contributed by atoms with van der Waals surface area (Å²) in [4.78, 5) is 60.4. The van der Waals surface area contributed by atoms with E-state index in [4.69, 9.17) is 30.5 Å². The van der Waals surface area contributed by atoms with Crippen LogP contribution in [0.3, 0.4) is 0 Å². The third-order valence-corrected chi connectivity index (χ3v) is 13.5. The maximum atomic E-state index is 14.0. The van der Waals surface area contributed by atoms with Crippen molar-refractivity contribution in [3.8, 4) is 28.0 Å². The maximum absolute atomic E-state index is 14.0. The Balaban J connectivity index is 0.875. The molecule has 0 bridgehead atoms. The van der Waals surface area contributed by atoms with Gasteiger partial charge in [0, 0.05) is 54.1 Å². The van der Waals surface area contributed by atoms with Crippen LogP contribution in [0.25, 0.3) is 10.4 Å². The number of rotatable bonds is 20. The molecule has 0 unspecified atom stereocenters. The highest BCUT2D eigenvalue weighted by atomic mass is 35.5. The van der Waals surface area contributed by atoms with Gasteiger partial charge in [-0.2, -0.15) is 5.26 Å². The second-order valence-corrected chi connectivity index (χ2v) is 20.4. The van der Waals surface area contributed by atoms with Crippen molar-refractivity contribution < 1.29 is 43.2 Å². The predicted molar refractivity (Wildman–Crippen MR) is 251 cm³/mol. The number of hydrogen-bond donors (Lipinski definition) is 3. The van der Waals surface area contributed by atoms with Gasteiger partial charge in [-0.05, 0) is 59.4 Å². The SMILES string of the molecule is CC1(C)C(NC(=O)c2ccc(OCCOCCOCC(=O)N[C@H](C(=O)N3C[C@H](O)C[C@H]3C(=O)CCc3ccc(-c4cncs4)cc3)C(C)(C)C)cc2)C(C)(C)C1Oc1ccc(C#N)c(Cl)c1. The van der Waals surface area contributed by atoms with E-state index >= 15 is 0 Å². The second-order valence-electron chi connectivity index (χ2n) is 19.1. The van der Waals surface area contributed by atoms with Gasteiger partial charge in [0.05, 0.1) is 52.9 Å². The van der Waals surface area contributed by atoms with Crippen molar-refractivity contribution in [2.24, 2.45) is 16.2 Å². The summed E-state index contributed by atoms with van der Waals surface area (Å²) in [5.74, 6) is -0.124. The van der Waals surface area contributed by atoms with Crippen LogP contribution in [0.1, 0.15) is 82.8 Å². The molecule has 3 atom stereocenters. The van der Waals surface area contributed by atoms with Crippen LogP contribution in [0.4, 0.5) is 0 Å². The van der Waals surface area contributed by atoms with Crippen LogP contribution in [0.15, 0.2) is 78.4 Å². The van der Waals surface area contributed by atoms with Crippen LogP contribution in [0, 0.1) is 27.6 Å². The standard InChI is InChI=1S/C50H60ClN5O9S/c1-48(2,3)43(45(61)56-28-35(57)24-39(56)40(58)19-10-31-8-11-32(12-9-31)41-27-53-30-66-41)54-42(59)29-63-21-20-62-22-23-64-36-16-13-33(14-17-36)44(60)55-46-49(4,5)47(50(46,6)7)65-37-18-15-34(26-52)38(51)25-37/h8-9,11-18,25,27,30,35,39,43,46-47,57H,10,19-24,28-29H2,1-7H3,(H,54,59)(H,55,60)/t35-,39+,43-,46?,47?/m1/s1. The fourth-order valence-corrected chi connectivity index (χ4v) is 9.97. The Kier molecular flexibility index (Phi) is 16.3. The highest BCUT2D eigenvalue weighted by molar-refractivity contribution is 7.13. The summed E-state index contributed by atoms with van der Waals surface area (Å²) in [6, 6.07) is 19.9. The zero-order valence-corrected chi connectivity index (χ0v) is 40.2. The fourth-order valence-electron chi connectivity index (χ4n) is 9.12. The van der Waals surface area contributed by atoms with Crippen LogP contribution in [-0.4, -0.2) is 108 Å². The minimum Gasteiger partial charge on any atom is -0.491 e. The first-order valence-corrected chi connectivity index (χ1v) is 23.4. The molecule has 3 amide bonds. The number of thiazole rings is 1. The number of aliphatic hydroxyl groups is 1. The van der Waals surface area contributed by atoms with Crippen LogP contribution in [0.5, 0.6) is 11.5 Å². The number of aromatic nitrogens is 1. The van der Waals surface area contributed by atoms with Gasteiger partial charge in [0.15, 0.2) is 5.78 Å². The summed E-state index contributed by atoms with van der Waals surface area (Å²) in [7, 11) is 0. The molecule has 2 aliphatic rings. The molecule has 3 aromatic carbocycles. The number of Topliss-reactive ketones (excluding diaryl/α,β-unsaturated/α-hetero) is 1. The molecule has 2 fully saturated rings. The highest BCUT2D eigenvalue weighted by Gasteiger charge is 2.64. The summed E-state index contributed by atoms with van der Waals surface area (Å²) < 4.78 is 23.3. The molecule has 2 heterocycles. The number of amides is 3. The topological polar surface area (TPSA) is 189 Å². The number of benzene rings is 3. The minimum absolute atomic E-state index is 0.0111. The van der Waals surface area contributed by atoms with E-state index in [-0.39, 0.29) is 76.3 Å². The van der Waals surface area contributed by atoms with Gasteiger partial charge in [-0.3, -0.25) is 24.2 Å². The number of likely N-dealkylation sites (tertiary alicyclic amines) is 1. The number of nitrogens with zero attached hydrogens (tertiary/aromatic N) is 3. The number of hydrogen-bond acceptors (Lipinski definition) is 12. The molecular weight excluding hydrogens is 882 g/mol. The van der Waals surface area contributed by atoms with Crippen LogP contribution >= 0.6 is 22.9 Å². The lowest BCUT2D eigenvalue weighted by Gasteiger charge is -2.63. The number of ether oxygens (including phenoxy) is 4.